The predicted molar refractivity (Wildman–Crippen MR) is 83.0 cm³/mol. The summed E-state index contributed by atoms with van der Waals surface area (Å²) in [6.45, 7) is 4.98. The standard InChI is InChI=1S/C17H17NO5/c1-12(2)16(20)22-9-6-10-23-17(21)14(11-18)15(19)13-7-4-3-5-8-13/h3-5,7-8,19H,1,6,9-10H2,2H3. The van der Waals surface area contributed by atoms with Gasteiger partial charge in [0, 0.05) is 17.6 Å². The van der Waals surface area contributed by atoms with E-state index in [2.05, 4.69) is 6.58 Å². The lowest BCUT2D eigenvalue weighted by atomic mass is 10.1. The summed E-state index contributed by atoms with van der Waals surface area (Å²) in [5, 5.41) is 19.0. The first-order valence-corrected chi connectivity index (χ1v) is 6.86. The molecule has 0 aromatic heterocycles. The van der Waals surface area contributed by atoms with Crippen LogP contribution < -0.4 is 0 Å². The van der Waals surface area contributed by atoms with Gasteiger partial charge in [0.05, 0.1) is 13.2 Å². The molecule has 1 N–H and O–H groups in total. The highest BCUT2D eigenvalue weighted by molar-refractivity contribution is 5.99. The summed E-state index contributed by atoms with van der Waals surface area (Å²) in [6.07, 6.45) is 0.273. The highest BCUT2D eigenvalue weighted by Crippen LogP contribution is 2.16. The van der Waals surface area contributed by atoms with Crippen molar-refractivity contribution in [3.63, 3.8) is 0 Å². The molecule has 0 aliphatic rings. The highest BCUT2D eigenvalue weighted by Gasteiger charge is 2.17. The normalized spacial score (nSPS) is 11.0. The fraction of sp³-hybridized carbons (Fsp3) is 0.235. The number of benzene rings is 1. The molecule has 0 bridgehead atoms. The molecule has 0 aliphatic carbocycles. The van der Waals surface area contributed by atoms with Gasteiger partial charge in [-0.3, -0.25) is 0 Å². The smallest absolute Gasteiger partial charge is 0.352 e. The predicted octanol–water partition coefficient (Wildman–Crippen LogP) is 2.53. The average Bonchev–Trinajstić information content (AvgIpc) is 2.55. The Kier molecular flexibility index (Phi) is 7.08. The molecule has 6 nitrogen and oxygen atoms in total. The summed E-state index contributed by atoms with van der Waals surface area (Å²) in [6, 6.07) is 9.85. The zero-order chi connectivity index (χ0) is 17.2. The molecule has 1 aromatic carbocycles. The maximum Gasteiger partial charge on any atom is 0.352 e. The Balaban J connectivity index is 2.54. The third-order valence-corrected chi connectivity index (χ3v) is 2.70. The number of hydrogen-bond donors (Lipinski definition) is 1. The van der Waals surface area contributed by atoms with Crippen LogP contribution in [-0.4, -0.2) is 30.3 Å². The number of ether oxygens (including phenoxy) is 2. The maximum atomic E-state index is 11.8. The molecule has 0 saturated heterocycles. The third kappa shape index (κ3) is 5.67. The molecule has 0 atom stereocenters. The zero-order valence-corrected chi connectivity index (χ0v) is 12.7. The molecule has 0 fully saturated rings. The second-order valence-corrected chi connectivity index (χ2v) is 4.61. The van der Waals surface area contributed by atoms with Crippen LogP contribution >= 0.6 is 0 Å². The maximum absolute atomic E-state index is 11.8. The first kappa shape index (κ1) is 18.0. The molecule has 0 saturated carbocycles. The molecule has 0 amide bonds. The SMILES string of the molecule is C=C(C)C(=O)OCCCOC(=O)C(C#N)=C(O)c1ccccc1. The van der Waals surface area contributed by atoms with Crippen molar-refractivity contribution in [1.29, 1.82) is 5.26 Å². The van der Waals surface area contributed by atoms with Gasteiger partial charge in [0.2, 0.25) is 0 Å². The Bertz CT molecular complexity index is 655. The lowest BCUT2D eigenvalue weighted by Gasteiger charge is -2.07. The van der Waals surface area contributed by atoms with Crippen LogP contribution in [0.25, 0.3) is 5.76 Å². The summed E-state index contributed by atoms with van der Waals surface area (Å²) in [7, 11) is 0. The van der Waals surface area contributed by atoms with Gasteiger partial charge in [-0.25, -0.2) is 9.59 Å². The number of esters is 2. The summed E-state index contributed by atoms with van der Waals surface area (Å²) in [5.41, 5.74) is 0.149. The number of aliphatic hydroxyl groups is 1. The molecule has 0 aliphatic heterocycles. The van der Waals surface area contributed by atoms with Gasteiger partial charge in [0.15, 0.2) is 5.57 Å². The van der Waals surface area contributed by atoms with Gasteiger partial charge in [-0.2, -0.15) is 5.26 Å². The van der Waals surface area contributed by atoms with E-state index in [-0.39, 0.29) is 25.2 Å². The average molecular weight is 315 g/mol. The molecule has 23 heavy (non-hydrogen) atoms. The molecule has 0 radical (unpaired) electrons. The van der Waals surface area contributed by atoms with E-state index < -0.39 is 23.3 Å². The zero-order valence-electron chi connectivity index (χ0n) is 12.7. The van der Waals surface area contributed by atoms with Gasteiger partial charge in [0.25, 0.3) is 0 Å². The van der Waals surface area contributed by atoms with Crippen LogP contribution in [-0.2, 0) is 19.1 Å². The molecule has 0 heterocycles. The van der Waals surface area contributed by atoms with Crippen molar-refractivity contribution >= 4 is 17.7 Å². The van der Waals surface area contributed by atoms with E-state index in [1.165, 1.54) is 6.92 Å². The van der Waals surface area contributed by atoms with E-state index in [0.717, 1.165) is 0 Å². The van der Waals surface area contributed by atoms with E-state index in [0.29, 0.717) is 5.56 Å². The van der Waals surface area contributed by atoms with E-state index in [9.17, 15) is 14.7 Å². The topological polar surface area (TPSA) is 96.6 Å². The van der Waals surface area contributed by atoms with E-state index in [1.54, 1.807) is 36.4 Å². The van der Waals surface area contributed by atoms with E-state index in [4.69, 9.17) is 14.7 Å². The summed E-state index contributed by atoms with van der Waals surface area (Å²) < 4.78 is 9.72. The lowest BCUT2D eigenvalue weighted by Crippen LogP contribution is -2.13. The van der Waals surface area contributed by atoms with Crippen molar-refractivity contribution in [3.8, 4) is 6.07 Å². The number of hydrogen-bond acceptors (Lipinski definition) is 6. The molecule has 1 aromatic rings. The lowest BCUT2D eigenvalue weighted by molar-refractivity contribution is -0.141. The van der Waals surface area contributed by atoms with Crippen molar-refractivity contribution in [1.82, 2.24) is 0 Å². The largest absolute Gasteiger partial charge is 0.506 e. The summed E-state index contributed by atoms with van der Waals surface area (Å²) in [4.78, 5) is 22.9. The van der Waals surface area contributed by atoms with Gasteiger partial charge in [-0.05, 0) is 6.92 Å². The molecule has 6 heteroatoms. The summed E-state index contributed by atoms with van der Waals surface area (Å²) >= 11 is 0. The summed E-state index contributed by atoms with van der Waals surface area (Å²) in [5.74, 6) is -1.89. The monoisotopic (exact) mass is 315 g/mol. The number of carbonyl (C=O) groups excluding carboxylic acids is 2. The number of aliphatic hydroxyl groups excluding tert-OH is 1. The molecule has 120 valence electrons. The van der Waals surface area contributed by atoms with Gasteiger partial charge in [-0.15, -0.1) is 0 Å². The van der Waals surface area contributed by atoms with Gasteiger partial charge in [-0.1, -0.05) is 36.9 Å². The number of nitriles is 1. The molecule has 0 unspecified atom stereocenters. The number of carbonyl (C=O) groups is 2. The number of rotatable bonds is 7. The number of nitrogens with zero attached hydrogens (tertiary/aromatic N) is 1. The van der Waals surface area contributed by atoms with Crippen LogP contribution in [0.15, 0.2) is 48.1 Å². The van der Waals surface area contributed by atoms with Gasteiger partial charge < -0.3 is 14.6 Å². The Morgan fingerprint density at radius 3 is 2.26 bits per heavy atom. The quantitative estimate of drug-likeness (QED) is 0.273. The van der Waals surface area contributed by atoms with Crippen LogP contribution in [0.3, 0.4) is 0 Å². The van der Waals surface area contributed by atoms with Crippen molar-refractivity contribution < 1.29 is 24.2 Å². The minimum Gasteiger partial charge on any atom is -0.506 e. The Labute approximate surface area is 134 Å². The van der Waals surface area contributed by atoms with E-state index in [1.807, 2.05) is 0 Å². The van der Waals surface area contributed by atoms with Crippen molar-refractivity contribution in [2.75, 3.05) is 13.2 Å². The Morgan fingerprint density at radius 2 is 1.74 bits per heavy atom. The van der Waals surface area contributed by atoms with Crippen molar-refractivity contribution in [2.45, 2.75) is 13.3 Å². The minimum absolute atomic E-state index is 0.0461. The molecule has 1 rings (SSSR count). The van der Waals surface area contributed by atoms with Gasteiger partial charge in [0.1, 0.15) is 11.8 Å². The van der Waals surface area contributed by atoms with Crippen LogP contribution in [0.2, 0.25) is 0 Å². The fourth-order valence-corrected chi connectivity index (χ4v) is 1.52. The molecular formula is C17H17NO5. The van der Waals surface area contributed by atoms with Crippen LogP contribution in [0.4, 0.5) is 0 Å². The van der Waals surface area contributed by atoms with Crippen molar-refractivity contribution in [2.24, 2.45) is 0 Å². The van der Waals surface area contributed by atoms with Crippen LogP contribution in [0.5, 0.6) is 0 Å². The Morgan fingerprint density at radius 1 is 1.17 bits per heavy atom. The van der Waals surface area contributed by atoms with Crippen LogP contribution in [0, 0.1) is 11.3 Å². The first-order valence-electron chi connectivity index (χ1n) is 6.86. The minimum atomic E-state index is -0.930. The third-order valence-electron chi connectivity index (χ3n) is 2.70. The first-order chi connectivity index (χ1) is 11.0. The van der Waals surface area contributed by atoms with Crippen molar-refractivity contribution in [3.05, 3.63) is 53.6 Å². The van der Waals surface area contributed by atoms with Gasteiger partial charge >= 0.3 is 11.9 Å². The second kappa shape index (κ2) is 9.05. The molecular weight excluding hydrogens is 298 g/mol. The van der Waals surface area contributed by atoms with Crippen LogP contribution in [0.1, 0.15) is 18.9 Å². The second-order valence-electron chi connectivity index (χ2n) is 4.61. The van der Waals surface area contributed by atoms with E-state index >= 15 is 0 Å². The fourth-order valence-electron chi connectivity index (χ4n) is 1.52. The Hall–Kier alpha value is -3.07. The highest BCUT2D eigenvalue weighted by atomic mass is 16.5. The molecule has 0 spiro atoms.